The molecule has 0 aliphatic heterocycles. The molecule has 0 aromatic carbocycles. The number of carbonyl (C=O) groups excluding carboxylic acids is 1. The van der Waals surface area contributed by atoms with E-state index in [-0.39, 0.29) is 6.03 Å². The molecular formula is C10H15BrN2OS. The average Bonchev–Trinajstić information content (AvgIpc) is 2.61. The molecule has 0 saturated heterocycles. The predicted molar refractivity (Wildman–Crippen MR) is 67.4 cm³/mol. The molecule has 0 aliphatic rings. The second-order valence-electron chi connectivity index (χ2n) is 3.14. The van der Waals surface area contributed by atoms with Gasteiger partial charge in [-0.3, -0.25) is 0 Å². The Hall–Kier alpha value is -0.550. The fourth-order valence-electron chi connectivity index (χ4n) is 1.09. The van der Waals surface area contributed by atoms with Gasteiger partial charge in [-0.2, -0.15) is 0 Å². The van der Waals surface area contributed by atoms with Crippen LogP contribution in [-0.4, -0.2) is 19.1 Å². The molecule has 2 N–H and O–H groups in total. The molecule has 0 saturated carbocycles. The average molecular weight is 291 g/mol. The van der Waals surface area contributed by atoms with Gasteiger partial charge in [0.25, 0.3) is 0 Å². The Bertz CT molecular complexity index is 314. The Labute approximate surface area is 102 Å². The van der Waals surface area contributed by atoms with Gasteiger partial charge in [0.15, 0.2) is 0 Å². The number of rotatable bonds is 5. The predicted octanol–water partition coefficient (Wildman–Crippen LogP) is 2.76. The number of carbonyl (C=O) groups is 1. The molecule has 0 unspecified atom stereocenters. The third kappa shape index (κ3) is 5.18. The number of hydrogen-bond acceptors (Lipinski definition) is 2. The number of amides is 2. The highest BCUT2D eigenvalue weighted by Crippen LogP contribution is 2.21. The molecule has 0 spiro atoms. The van der Waals surface area contributed by atoms with Gasteiger partial charge in [0.1, 0.15) is 0 Å². The molecule has 2 amide bonds. The SMILES string of the molecule is CCCNC(=O)NCCc1ccc(Br)s1. The van der Waals surface area contributed by atoms with E-state index in [0.29, 0.717) is 6.54 Å². The molecule has 84 valence electrons. The van der Waals surface area contributed by atoms with E-state index in [4.69, 9.17) is 0 Å². The van der Waals surface area contributed by atoms with Crippen molar-refractivity contribution in [3.8, 4) is 0 Å². The third-order valence-electron chi connectivity index (χ3n) is 1.82. The van der Waals surface area contributed by atoms with Gasteiger partial charge in [-0.05, 0) is 40.9 Å². The molecule has 1 heterocycles. The van der Waals surface area contributed by atoms with Crippen molar-refractivity contribution in [2.45, 2.75) is 19.8 Å². The van der Waals surface area contributed by atoms with Crippen LogP contribution in [0, 0.1) is 0 Å². The van der Waals surface area contributed by atoms with E-state index < -0.39 is 0 Å². The quantitative estimate of drug-likeness (QED) is 0.860. The fraction of sp³-hybridized carbons (Fsp3) is 0.500. The number of urea groups is 1. The van der Waals surface area contributed by atoms with Crippen molar-refractivity contribution >= 4 is 33.3 Å². The minimum Gasteiger partial charge on any atom is -0.338 e. The zero-order valence-electron chi connectivity index (χ0n) is 8.68. The number of thiophene rings is 1. The topological polar surface area (TPSA) is 41.1 Å². The van der Waals surface area contributed by atoms with Crippen molar-refractivity contribution in [1.82, 2.24) is 10.6 Å². The lowest BCUT2D eigenvalue weighted by Crippen LogP contribution is -2.36. The molecule has 0 atom stereocenters. The molecule has 1 aromatic heterocycles. The van der Waals surface area contributed by atoms with Crippen molar-refractivity contribution in [1.29, 1.82) is 0 Å². The Morgan fingerprint density at radius 3 is 2.73 bits per heavy atom. The van der Waals surface area contributed by atoms with Crippen molar-refractivity contribution in [2.75, 3.05) is 13.1 Å². The summed E-state index contributed by atoms with van der Waals surface area (Å²) in [6.07, 6.45) is 1.85. The van der Waals surface area contributed by atoms with Crippen molar-refractivity contribution in [3.05, 3.63) is 20.8 Å². The van der Waals surface area contributed by atoms with E-state index in [1.807, 2.05) is 13.0 Å². The van der Waals surface area contributed by atoms with Crippen molar-refractivity contribution in [2.24, 2.45) is 0 Å². The summed E-state index contributed by atoms with van der Waals surface area (Å²) < 4.78 is 1.13. The van der Waals surface area contributed by atoms with Gasteiger partial charge in [-0.1, -0.05) is 6.92 Å². The van der Waals surface area contributed by atoms with Crippen LogP contribution in [0.15, 0.2) is 15.9 Å². The third-order valence-corrected chi connectivity index (χ3v) is 3.50. The molecule has 1 rings (SSSR count). The van der Waals surface area contributed by atoms with E-state index in [9.17, 15) is 4.79 Å². The minimum atomic E-state index is -0.0764. The largest absolute Gasteiger partial charge is 0.338 e. The summed E-state index contributed by atoms with van der Waals surface area (Å²) in [5.41, 5.74) is 0. The van der Waals surface area contributed by atoms with Crippen LogP contribution in [0.3, 0.4) is 0 Å². The molecule has 0 aliphatic carbocycles. The maximum absolute atomic E-state index is 11.2. The van der Waals surface area contributed by atoms with Crippen LogP contribution in [0.4, 0.5) is 4.79 Å². The van der Waals surface area contributed by atoms with E-state index >= 15 is 0 Å². The van der Waals surface area contributed by atoms with Gasteiger partial charge in [-0.25, -0.2) is 4.79 Å². The number of hydrogen-bond donors (Lipinski definition) is 2. The van der Waals surface area contributed by atoms with Crippen LogP contribution in [-0.2, 0) is 6.42 Å². The summed E-state index contributed by atoms with van der Waals surface area (Å²) in [6.45, 7) is 3.45. The molecule has 0 radical (unpaired) electrons. The van der Waals surface area contributed by atoms with Gasteiger partial charge in [0, 0.05) is 18.0 Å². The zero-order valence-corrected chi connectivity index (χ0v) is 11.1. The molecule has 0 fully saturated rings. The van der Waals surface area contributed by atoms with Crippen LogP contribution in [0.25, 0.3) is 0 Å². The number of halogens is 1. The summed E-state index contributed by atoms with van der Waals surface area (Å²) in [5, 5.41) is 5.58. The van der Waals surface area contributed by atoms with E-state index in [0.717, 1.165) is 23.2 Å². The second-order valence-corrected chi connectivity index (χ2v) is 5.69. The summed E-state index contributed by atoms with van der Waals surface area (Å²) in [6, 6.07) is 4.02. The highest BCUT2D eigenvalue weighted by Gasteiger charge is 2.00. The Morgan fingerprint density at radius 2 is 2.13 bits per heavy atom. The van der Waals surface area contributed by atoms with E-state index in [1.165, 1.54) is 4.88 Å². The molecular weight excluding hydrogens is 276 g/mol. The van der Waals surface area contributed by atoms with Crippen molar-refractivity contribution < 1.29 is 4.79 Å². The Morgan fingerprint density at radius 1 is 1.40 bits per heavy atom. The molecule has 3 nitrogen and oxygen atoms in total. The van der Waals surface area contributed by atoms with Crippen LogP contribution in [0.5, 0.6) is 0 Å². The normalized spacial score (nSPS) is 10.0. The van der Waals surface area contributed by atoms with Gasteiger partial charge < -0.3 is 10.6 Å². The maximum Gasteiger partial charge on any atom is 0.314 e. The van der Waals surface area contributed by atoms with Crippen LogP contribution in [0.1, 0.15) is 18.2 Å². The first-order valence-electron chi connectivity index (χ1n) is 4.98. The first-order valence-corrected chi connectivity index (χ1v) is 6.59. The number of nitrogens with one attached hydrogen (secondary N) is 2. The maximum atomic E-state index is 11.2. The molecule has 1 aromatic rings. The van der Waals surface area contributed by atoms with Crippen LogP contribution >= 0.6 is 27.3 Å². The molecule has 5 heteroatoms. The lowest BCUT2D eigenvalue weighted by Gasteiger charge is -2.05. The van der Waals surface area contributed by atoms with Crippen LogP contribution in [0.2, 0.25) is 0 Å². The highest BCUT2D eigenvalue weighted by atomic mass is 79.9. The fourth-order valence-corrected chi connectivity index (χ4v) is 2.57. The standard InChI is InChI=1S/C10H15BrN2OS/c1-2-6-12-10(14)13-7-5-8-3-4-9(11)15-8/h3-4H,2,5-7H2,1H3,(H2,12,13,14). The zero-order chi connectivity index (χ0) is 11.1. The Kier molecular flexibility index (Phi) is 5.71. The van der Waals surface area contributed by atoms with E-state index in [2.05, 4.69) is 32.6 Å². The highest BCUT2D eigenvalue weighted by molar-refractivity contribution is 9.11. The first kappa shape index (κ1) is 12.5. The van der Waals surface area contributed by atoms with Crippen molar-refractivity contribution in [3.63, 3.8) is 0 Å². The van der Waals surface area contributed by atoms with Crippen LogP contribution < -0.4 is 10.6 Å². The molecule has 0 bridgehead atoms. The lowest BCUT2D eigenvalue weighted by molar-refractivity contribution is 0.241. The first-order chi connectivity index (χ1) is 7.22. The van der Waals surface area contributed by atoms with E-state index in [1.54, 1.807) is 11.3 Å². The lowest BCUT2D eigenvalue weighted by atomic mass is 10.3. The summed E-state index contributed by atoms with van der Waals surface area (Å²) >= 11 is 5.11. The Balaban J connectivity index is 2.13. The van der Waals surface area contributed by atoms with Gasteiger partial charge in [0.05, 0.1) is 3.79 Å². The monoisotopic (exact) mass is 290 g/mol. The van der Waals surface area contributed by atoms with Gasteiger partial charge in [-0.15, -0.1) is 11.3 Å². The summed E-state index contributed by atoms with van der Waals surface area (Å²) in [5.74, 6) is 0. The van der Waals surface area contributed by atoms with Gasteiger partial charge >= 0.3 is 6.03 Å². The summed E-state index contributed by atoms with van der Waals surface area (Å²) in [7, 11) is 0. The van der Waals surface area contributed by atoms with Gasteiger partial charge in [0.2, 0.25) is 0 Å². The molecule has 15 heavy (non-hydrogen) atoms. The second kappa shape index (κ2) is 6.85. The summed E-state index contributed by atoms with van der Waals surface area (Å²) in [4.78, 5) is 12.4. The minimum absolute atomic E-state index is 0.0764. The smallest absolute Gasteiger partial charge is 0.314 e.